The summed E-state index contributed by atoms with van der Waals surface area (Å²) in [5.41, 5.74) is 0.661. The number of esters is 1. The van der Waals surface area contributed by atoms with E-state index in [0.717, 1.165) is 0 Å². The number of hydrogen-bond acceptors (Lipinski definition) is 8. The molecule has 2 N–H and O–H groups in total. The van der Waals surface area contributed by atoms with Crippen LogP contribution in [0.4, 0.5) is 4.79 Å². The van der Waals surface area contributed by atoms with Crippen LogP contribution in [0.5, 0.6) is 0 Å². The number of hydrogen-bond donors (Lipinski definition) is 2. The lowest BCUT2D eigenvalue weighted by Crippen LogP contribution is -2.36. The fourth-order valence-electron chi connectivity index (χ4n) is 2.16. The third-order valence-electron chi connectivity index (χ3n) is 3.28. The summed E-state index contributed by atoms with van der Waals surface area (Å²) in [6.07, 6.45) is -0.631. The van der Waals surface area contributed by atoms with Crippen LogP contribution in [0.15, 0.2) is 23.4 Å². The van der Waals surface area contributed by atoms with Gasteiger partial charge in [0.2, 0.25) is 0 Å². The summed E-state index contributed by atoms with van der Waals surface area (Å²) in [6.45, 7) is 5.20. The third-order valence-corrected chi connectivity index (χ3v) is 3.28. The number of carbonyl (C=O) groups is 2. The van der Waals surface area contributed by atoms with Crippen molar-refractivity contribution in [3.63, 3.8) is 0 Å². The average Bonchev–Trinajstić information content (AvgIpc) is 3.01. The van der Waals surface area contributed by atoms with E-state index in [0.29, 0.717) is 17.8 Å². The van der Waals surface area contributed by atoms with Gasteiger partial charge in [-0.15, -0.1) is 0 Å². The van der Waals surface area contributed by atoms with E-state index in [2.05, 4.69) is 20.2 Å². The molecular formula is C17H22N4O5. The molecular weight excluding hydrogens is 340 g/mol. The van der Waals surface area contributed by atoms with Gasteiger partial charge in [-0.2, -0.15) is 0 Å². The van der Waals surface area contributed by atoms with Crippen molar-refractivity contribution in [1.82, 2.24) is 10.3 Å². The number of nitrogens with one attached hydrogen (secondary N) is 2. The van der Waals surface area contributed by atoms with Gasteiger partial charge in [0.25, 0.3) is 0 Å². The first-order valence-corrected chi connectivity index (χ1v) is 8.04. The average molecular weight is 362 g/mol. The Balaban J connectivity index is 2.01. The van der Waals surface area contributed by atoms with Gasteiger partial charge in [0.05, 0.1) is 19.2 Å². The third kappa shape index (κ3) is 5.54. The molecule has 1 aliphatic rings. The molecule has 0 saturated heterocycles. The van der Waals surface area contributed by atoms with E-state index < -0.39 is 17.8 Å². The van der Waals surface area contributed by atoms with Gasteiger partial charge in [0, 0.05) is 6.42 Å². The van der Waals surface area contributed by atoms with Crippen LogP contribution in [-0.2, 0) is 19.1 Å². The number of ether oxygens (including phenoxy) is 2. The van der Waals surface area contributed by atoms with Crippen molar-refractivity contribution in [2.75, 3.05) is 7.11 Å². The molecule has 1 amide bonds. The highest BCUT2D eigenvalue weighted by Gasteiger charge is 2.26. The maximum atomic E-state index is 11.8. The molecule has 0 bridgehead atoms. The molecule has 1 aromatic rings. The van der Waals surface area contributed by atoms with Crippen molar-refractivity contribution in [3.8, 4) is 0 Å². The molecule has 0 saturated carbocycles. The number of nitrogens with zero attached hydrogens (tertiary/aromatic N) is 2. The largest absolute Gasteiger partial charge is 0.469 e. The van der Waals surface area contributed by atoms with E-state index in [9.17, 15) is 9.59 Å². The summed E-state index contributed by atoms with van der Waals surface area (Å²) < 4.78 is 9.72. The van der Waals surface area contributed by atoms with Crippen LogP contribution in [0.3, 0.4) is 0 Å². The number of carbonyl (C=O) groups excluding carboxylic acids is 2. The van der Waals surface area contributed by atoms with Crippen molar-refractivity contribution in [1.29, 1.82) is 5.41 Å². The van der Waals surface area contributed by atoms with Gasteiger partial charge in [0.15, 0.2) is 5.84 Å². The van der Waals surface area contributed by atoms with Gasteiger partial charge < -0.3 is 14.3 Å². The van der Waals surface area contributed by atoms with Crippen LogP contribution in [0.25, 0.3) is 0 Å². The molecule has 9 nitrogen and oxygen atoms in total. The van der Waals surface area contributed by atoms with Crippen LogP contribution < -0.4 is 5.32 Å². The Morgan fingerprint density at radius 2 is 2.12 bits per heavy atom. The summed E-state index contributed by atoms with van der Waals surface area (Å²) in [7, 11) is 1.31. The van der Waals surface area contributed by atoms with Gasteiger partial charge in [-0.25, -0.2) is 9.78 Å². The van der Waals surface area contributed by atoms with Gasteiger partial charge in [-0.05, 0) is 32.9 Å². The highest BCUT2D eigenvalue weighted by atomic mass is 16.6. The van der Waals surface area contributed by atoms with Gasteiger partial charge in [0.1, 0.15) is 23.1 Å². The summed E-state index contributed by atoms with van der Waals surface area (Å²) in [5, 5.41) is 14.3. The zero-order chi connectivity index (χ0) is 19.3. The Bertz CT molecular complexity index is 739. The molecule has 1 unspecified atom stereocenters. The quantitative estimate of drug-likeness (QED) is 0.480. The minimum atomic E-state index is -0.727. The lowest BCUT2D eigenvalue weighted by atomic mass is 10.1. The first-order valence-electron chi connectivity index (χ1n) is 8.04. The van der Waals surface area contributed by atoms with Gasteiger partial charge >= 0.3 is 12.1 Å². The Hall–Kier alpha value is -2.97. The standard InChI is InChI=1S/C17H22N4O5/c1-17(2,3)25-16(23)20-15(18)12-7-5-6-11(19-12)13-8-10(26-21-13)9-14(22)24-4/h5-7,10H,8-9H2,1-4H3,(H2,18,20,23). The second kappa shape index (κ2) is 7.94. The molecule has 0 aliphatic carbocycles. The molecule has 1 atom stereocenters. The second-order valence-corrected chi connectivity index (χ2v) is 6.66. The lowest BCUT2D eigenvalue weighted by Gasteiger charge is -2.19. The zero-order valence-electron chi connectivity index (χ0n) is 15.2. The summed E-state index contributed by atoms with van der Waals surface area (Å²) >= 11 is 0. The minimum absolute atomic E-state index is 0.0964. The van der Waals surface area contributed by atoms with Crippen molar-refractivity contribution >= 4 is 23.6 Å². The summed E-state index contributed by atoms with van der Waals surface area (Å²) in [5.74, 6) is -0.566. The van der Waals surface area contributed by atoms with Crippen molar-refractivity contribution in [2.45, 2.75) is 45.3 Å². The molecule has 9 heteroatoms. The Kier molecular flexibility index (Phi) is 5.91. The Morgan fingerprint density at radius 1 is 1.38 bits per heavy atom. The summed E-state index contributed by atoms with van der Waals surface area (Å²) in [6, 6.07) is 5.00. The molecule has 0 aromatic carbocycles. The SMILES string of the molecule is COC(=O)CC1CC(c2cccc(C(=N)NC(=O)OC(C)(C)C)n2)=NO1. The van der Waals surface area contributed by atoms with E-state index in [1.165, 1.54) is 7.11 Å². The maximum Gasteiger partial charge on any atom is 0.413 e. The second-order valence-electron chi connectivity index (χ2n) is 6.66. The predicted molar refractivity (Wildman–Crippen MR) is 93.1 cm³/mol. The molecule has 26 heavy (non-hydrogen) atoms. The van der Waals surface area contributed by atoms with Crippen LogP contribution in [0.1, 0.15) is 45.0 Å². The van der Waals surface area contributed by atoms with E-state index >= 15 is 0 Å². The van der Waals surface area contributed by atoms with Crippen molar-refractivity contribution < 1.29 is 23.9 Å². The highest BCUT2D eigenvalue weighted by molar-refractivity contribution is 6.05. The van der Waals surface area contributed by atoms with Crippen LogP contribution in [-0.4, -0.2) is 47.4 Å². The predicted octanol–water partition coefficient (Wildman–Crippen LogP) is 1.99. The number of alkyl carbamates (subject to hydrolysis) is 1. The molecule has 0 fully saturated rings. The normalized spacial score (nSPS) is 16.3. The van der Waals surface area contributed by atoms with E-state index in [1.807, 2.05) is 0 Å². The lowest BCUT2D eigenvalue weighted by molar-refractivity contribution is -0.143. The maximum absolute atomic E-state index is 11.8. The van der Waals surface area contributed by atoms with Crippen molar-refractivity contribution in [2.24, 2.45) is 5.16 Å². The number of oxime groups is 1. The number of aromatic nitrogens is 1. The monoisotopic (exact) mass is 362 g/mol. The minimum Gasteiger partial charge on any atom is -0.469 e. The fourth-order valence-corrected chi connectivity index (χ4v) is 2.16. The molecule has 0 spiro atoms. The Labute approximate surface area is 151 Å². The summed E-state index contributed by atoms with van der Waals surface area (Å²) in [4.78, 5) is 32.6. The molecule has 140 valence electrons. The molecule has 2 rings (SSSR count). The van der Waals surface area contributed by atoms with Crippen LogP contribution >= 0.6 is 0 Å². The van der Waals surface area contributed by atoms with Crippen LogP contribution in [0.2, 0.25) is 0 Å². The molecule has 1 aromatic heterocycles. The van der Waals surface area contributed by atoms with E-state index in [4.69, 9.17) is 15.0 Å². The number of rotatable bonds is 4. The number of pyridine rings is 1. The topological polar surface area (TPSA) is 123 Å². The number of amides is 1. The molecule has 2 heterocycles. The molecule has 0 radical (unpaired) electrons. The fraction of sp³-hybridized carbons (Fsp3) is 0.471. The number of amidine groups is 1. The number of methoxy groups -OCH3 is 1. The first kappa shape index (κ1) is 19.4. The van der Waals surface area contributed by atoms with Crippen molar-refractivity contribution in [3.05, 3.63) is 29.6 Å². The van der Waals surface area contributed by atoms with E-state index in [-0.39, 0.29) is 23.9 Å². The van der Waals surface area contributed by atoms with E-state index in [1.54, 1.807) is 39.0 Å². The zero-order valence-corrected chi connectivity index (χ0v) is 15.2. The smallest absolute Gasteiger partial charge is 0.413 e. The van der Waals surface area contributed by atoms with Gasteiger partial charge in [-0.1, -0.05) is 11.2 Å². The van der Waals surface area contributed by atoms with Gasteiger partial charge in [-0.3, -0.25) is 15.5 Å². The first-order chi connectivity index (χ1) is 12.2. The highest BCUT2D eigenvalue weighted by Crippen LogP contribution is 2.18. The van der Waals surface area contributed by atoms with Crippen LogP contribution in [0, 0.1) is 5.41 Å². The Morgan fingerprint density at radius 3 is 2.77 bits per heavy atom. The molecule has 1 aliphatic heterocycles.